The van der Waals surface area contributed by atoms with E-state index in [0.29, 0.717) is 35.6 Å². The van der Waals surface area contributed by atoms with Crippen molar-refractivity contribution in [1.29, 1.82) is 0 Å². The van der Waals surface area contributed by atoms with Crippen LogP contribution in [0.3, 0.4) is 0 Å². The van der Waals surface area contributed by atoms with Crippen LogP contribution in [0.2, 0.25) is 0 Å². The minimum Gasteiger partial charge on any atom is -0.458 e. The van der Waals surface area contributed by atoms with Crippen LogP contribution >= 0.6 is 0 Å². The molecule has 0 amide bonds. The van der Waals surface area contributed by atoms with E-state index in [4.69, 9.17) is 9.72 Å². The number of carbonyl (C=O) groups is 1. The highest BCUT2D eigenvalue weighted by atomic mass is 19.1. The van der Waals surface area contributed by atoms with Gasteiger partial charge in [0, 0.05) is 47.6 Å². The van der Waals surface area contributed by atoms with Gasteiger partial charge in [-0.1, -0.05) is 13.8 Å². The van der Waals surface area contributed by atoms with Gasteiger partial charge in [-0.3, -0.25) is 9.69 Å². The SMILES string of the molecule is CC.Cc1c(F)cc2nc3c(c4c2c1CCC41CN(CCO)C1)Cn1c-3cc2c(c1=O)COC(=O)[C@H]2O. The normalized spacial score (nSPS) is 20.5. The van der Waals surface area contributed by atoms with E-state index in [1.807, 2.05) is 20.8 Å². The number of nitrogens with zero attached hydrogens (tertiary/aromatic N) is 3. The summed E-state index contributed by atoms with van der Waals surface area (Å²) in [7, 11) is 0. The molecule has 0 radical (unpaired) electrons. The number of aromatic nitrogens is 2. The molecule has 9 heteroatoms. The maximum atomic E-state index is 14.9. The fourth-order valence-electron chi connectivity index (χ4n) is 6.75. The molecule has 37 heavy (non-hydrogen) atoms. The fourth-order valence-corrected chi connectivity index (χ4v) is 6.75. The first kappa shape index (κ1) is 24.2. The van der Waals surface area contributed by atoms with Crippen LogP contribution in [0.1, 0.15) is 59.8 Å². The Labute approximate surface area is 213 Å². The molecule has 0 bridgehead atoms. The Morgan fingerprint density at radius 2 is 1.95 bits per heavy atom. The molecule has 0 unspecified atom stereocenters. The molecule has 7 rings (SSSR count). The first-order valence-electron chi connectivity index (χ1n) is 12.9. The summed E-state index contributed by atoms with van der Waals surface area (Å²) in [6.07, 6.45) is 0.102. The van der Waals surface area contributed by atoms with Gasteiger partial charge in [0.25, 0.3) is 5.56 Å². The molecule has 1 saturated heterocycles. The zero-order valence-corrected chi connectivity index (χ0v) is 21.2. The molecule has 1 atom stereocenters. The van der Waals surface area contributed by atoms with Crippen molar-refractivity contribution in [3.05, 3.63) is 61.7 Å². The van der Waals surface area contributed by atoms with Crippen molar-refractivity contribution in [2.75, 3.05) is 26.2 Å². The molecular formula is C28H30FN3O5. The van der Waals surface area contributed by atoms with E-state index in [0.717, 1.165) is 48.0 Å². The van der Waals surface area contributed by atoms with Crippen molar-refractivity contribution < 1.29 is 24.1 Å². The topological polar surface area (TPSA) is 105 Å². The van der Waals surface area contributed by atoms with Gasteiger partial charge in [0.2, 0.25) is 0 Å². The number of aryl methyl sites for hydroxylation is 1. The fraction of sp³-hybridized carbons (Fsp3) is 0.464. The number of rotatable bonds is 2. The predicted octanol–water partition coefficient (Wildman–Crippen LogP) is 2.48. The number of β-amino-alcohol motifs (C(OH)–C–C–N with tert-alkyl or cyclic N) is 1. The second-order valence-electron chi connectivity index (χ2n) is 10.2. The van der Waals surface area contributed by atoms with E-state index < -0.39 is 12.1 Å². The molecule has 4 aliphatic rings. The second kappa shape index (κ2) is 8.44. The van der Waals surface area contributed by atoms with Crippen molar-refractivity contribution in [3.8, 4) is 11.4 Å². The Hall–Kier alpha value is -3.14. The van der Waals surface area contributed by atoms with Gasteiger partial charge in [-0.2, -0.15) is 0 Å². The first-order chi connectivity index (χ1) is 17.8. The highest BCUT2D eigenvalue weighted by Gasteiger charge is 2.50. The molecule has 1 aromatic carbocycles. The lowest BCUT2D eigenvalue weighted by atomic mass is 9.63. The summed E-state index contributed by atoms with van der Waals surface area (Å²) in [6.45, 7) is 8.25. The van der Waals surface area contributed by atoms with Crippen molar-refractivity contribution >= 4 is 16.9 Å². The molecule has 0 saturated carbocycles. The standard InChI is InChI=1S/C26H24FN3O5.C2H6/c1-12-13-2-3-26(10-29(11-26)4-5-31)21-15-8-30-19(22(15)28-18(20(13)21)7-17(12)27)6-14-16(24(30)33)9-35-25(34)23(14)32;1-2/h6-7,23,31-32H,2-5,8-11H2,1H3;1-2H3/t23-;/m0./s1. The zero-order chi connectivity index (χ0) is 26.2. The molecule has 194 valence electrons. The number of esters is 1. The smallest absolute Gasteiger partial charge is 0.340 e. The Balaban J connectivity index is 0.00000123. The number of cyclic esters (lactones) is 1. The third-order valence-electron chi connectivity index (χ3n) is 8.43. The van der Waals surface area contributed by atoms with Gasteiger partial charge in [-0.25, -0.2) is 14.2 Å². The largest absolute Gasteiger partial charge is 0.458 e. The first-order valence-corrected chi connectivity index (χ1v) is 12.9. The van der Waals surface area contributed by atoms with E-state index >= 15 is 0 Å². The van der Waals surface area contributed by atoms with Gasteiger partial charge in [0.05, 0.1) is 35.6 Å². The zero-order valence-electron chi connectivity index (χ0n) is 21.2. The second-order valence-corrected chi connectivity index (χ2v) is 10.2. The summed E-state index contributed by atoms with van der Waals surface area (Å²) < 4.78 is 21.6. The van der Waals surface area contributed by atoms with Crippen LogP contribution in [0.4, 0.5) is 4.39 Å². The van der Waals surface area contributed by atoms with Crippen molar-refractivity contribution in [1.82, 2.24) is 14.5 Å². The maximum absolute atomic E-state index is 14.9. The van der Waals surface area contributed by atoms with Gasteiger partial charge in [-0.15, -0.1) is 0 Å². The Bertz CT molecular complexity index is 1540. The lowest BCUT2D eigenvalue weighted by Gasteiger charge is -2.53. The van der Waals surface area contributed by atoms with Crippen LogP contribution in [-0.4, -0.2) is 56.9 Å². The molecule has 8 nitrogen and oxygen atoms in total. The number of likely N-dealkylation sites (tertiary alicyclic amines) is 1. The van der Waals surface area contributed by atoms with E-state index in [-0.39, 0.29) is 41.1 Å². The molecule has 1 spiro atoms. The van der Waals surface area contributed by atoms with Crippen LogP contribution in [0, 0.1) is 12.7 Å². The number of carbonyl (C=O) groups excluding carboxylic acids is 1. The number of benzene rings is 1. The Kier molecular flexibility index (Phi) is 5.52. The van der Waals surface area contributed by atoms with Crippen molar-refractivity contribution in [2.45, 2.75) is 58.3 Å². The lowest BCUT2D eigenvalue weighted by Crippen LogP contribution is -2.61. The predicted molar refractivity (Wildman–Crippen MR) is 135 cm³/mol. The number of fused-ring (bicyclic) bond motifs is 6. The van der Waals surface area contributed by atoms with Crippen LogP contribution in [-0.2, 0) is 34.5 Å². The summed E-state index contributed by atoms with van der Waals surface area (Å²) in [5.41, 5.74) is 5.49. The molecule has 3 aromatic rings. The number of ether oxygens (including phenoxy) is 1. The average molecular weight is 508 g/mol. The molecular weight excluding hydrogens is 477 g/mol. The molecule has 2 aromatic heterocycles. The summed E-state index contributed by atoms with van der Waals surface area (Å²) in [5, 5.41) is 20.8. The highest BCUT2D eigenvalue weighted by molar-refractivity contribution is 5.94. The Morgan fingerprint density at radius 1 is 1.19 bits per heavy atom. The van der Waals surface area contributed by atoms with Gasteiger partial charge in [0.1, 0.15) is 12.4 Å². The van der Waals surface area contributed by atoms with E-state index in [2.05, 4.69) is 4.90 Å². The maximum Gasteiger partial charge on any atom is 0.340 e. The molecule has 2 N–H and O–H groups in total. The number of hydrogen-bond acceptors (Lipinski definition) is 7. The third-order valence-corrected chi connectivity index (χ3v) is 8.43. The summed E-state index contributed by atoms with van der Waals surface area (Å²) >= 11 is 0. The Morgan fingerprint density at radius 3 is 2.68 bits per heavy atom. The van der Waals surface area contributed by atoms with Crippen LogP contribution in [0.15, 0.2) is 16.9 Å². The van der Waals surface area contributed by atoms with Crippen LogP contribution in [0.25, 0.3) is 22.3 Å². The minimum atomic E-state index is -1.52. The van der Waals surface area contributed by atoms with E-state index in [1.165, 1.54) is 6.07 Å². The summed E-state index contributed by atoms with van der Waals surface area (Å²) in [4.78, 5) is 32.5. The summed E-state index contributed by atoms with van der Waals surface area (Å²) in [5.74, 6) is -1.07. The van der Waals surface area contributed by atoms with Gasteiger partial charge >= 0.3 is 5.97 Å². The van der Waals surface area contributed by atoms with Gasteiger partial charge < -0.3 is 19.5 Å². The van der Waals surface area contributed by atoms with Crippen molar-refractivity contribution in [2.24, 2.45) is 0 Å². The quantitative estimate of drug-likeness (QED) is 0.402. The molecule has 1 aliphatic carbocycles. The van der Waals surface area contributed by atoms with Crippen LogP contribution < -0.4 is 5.56 Å². The van der Waals surface area contributed by atoms with E-state index in [9.17, 15) is 24.2 Å². The molecule has 1 fully saturated rings. The number of aliphatic hydroxyl groups excluding tert-OH is 2. The number of aliphatic hydroxyl groups is 2. The number of pyridine rings is 2. The third kappa shape index (κ3) is 3.20. The highest BCUT2D eigenvalue weighted by Crippen LogP contribution is 2.51. The number of halogens is 1. The van der Waals surface area contributed by atoms with Gasteiger partial charge in [-0.05, 0) is 42.5 Å². The van der Waals surface area contributed by atoms with Crippen molar-refractivity contribution in [3.63, 3.8) is 0 Å². The lowest BCUT2D eigenvalue weighted by molar-refractivity contribution is -0.157. The monoisotopic (exact) mass is 507 g/mol. The molecule has 3 aliphatic heterocycles. The average Bonchev–Trinajstić information content (AvgIpc) is 3.24. The minimum absolute atomic E-state index is 0.0936. The number of hydrogen-bond donors (Lipinski definition) is 2. The van der Waals surface area contributed by atoms with E-state index in [1.54, 1.807) is 10.6 Å². The van der Waals surface area contributed by atoms with Crippen LogP contribution in [0.5, 0.6) is 0 Å². The molecule has 5 heterocycles. The van der Waals surface area contributed by atoms with Gasteiger partial charge in [0.15, 0.2) is 6.10 Å². The summed E-state index contributed by atoms with van der Waals surface area (Å²) in [6, 6.07) is 3.14.